The van der Waals surface area contributed by atoms with Gasteiger partial charge in [0.2, 0.25) is 0 Å². The smallest absolute Gasteiger partial charge is 0.328 e. The molecular formula is C20H25N3O4S. The van der Waals surface area contributed by atoms with E-state index in [1.165, 1.54) is 24.3 Å². The number of nitrogens with one attached hydrogen (secondary N) is 3. The van der Waals surface area contributed by atoms with Crippen LogP contribution in [0.3, 0.4) is 0 Å². The first-order chi connectivity index (χ1) is 13.2. The number of amides is 3. The first-order valence-electron chi connectivity index (χ1n) is 9.02. The third kappa shape index (κ3) is 5.82. The van der Waals surface area contributed by atoms with E-state index in [9.17, 15) is 18.0 Å². The van der Waals surface area contributed by atoms with Crippen LogP contribution in [0.1, 0.15) is 41.3 Å². The van der Waals surface area contributed by atoms with Crippen LogP contribution in [-0.2, 0) is 10.0 Å². The normalized spacial score (nSPS) is 11.0. The van der Waals surface area contributed by atoms with Gasteiger partial charge in [-0.2, -0.15) is 0 Å². The number of hydrogen-bond acceptors (Lipinski definition) is 4. The van der Waals surface area contributed by atoms with Crippen molar-refractivity contribution in [2.75, 3.05) is 11.9 Å². The summed E-state index contributed by atoms with van der Waals surface area (Å²) in [4.78, 5) is 23.9. The SMILES string of the molecule is CCCCNC(=O)NS(=O)(=O)c1ccc(NC(=O)c2ccc(C)c(C)c2)cc1. The van der Waals surface area contributed by atoms with Crippen LogP contribution in [0.5, 0.6) is 0 Å². The molecule has 28 heavy (non-hydrogen) atoms. The summed E-state index contributed by atoms with van der Waals surface area (Å²) in [6.07, 6.45) is 1.66. The van der Waals surface area contributed by atoms with Crippen LogP contribution in [0.25, 0.3) is 0 Å². The molecule has 0 heterocycles. The number of anilines is 1. The first kappa shape index (κ1) is 21.4. The minimum atomic E-state index is -3.98. The Labute approximate surface area is 165 Å². The lowest BCUT2D eigenvalue weighted by Crippen LogP contribution is -2.39. The highest BCUT2D eigenvalue weighted by Gasteiger charge is 2.17. The molecule has 0 aromatic heterocycles. The number of hydrogen-bond donors (Lipinski definition) is 3. The molecule has 150 valence electrons. The van der Waals surface area contributed by atoms with Crippen molar-refractivity contribution in [1.29, 1.82) is 0 Å². The molecule has 0 fully saturated rings. The van der Waals surface area contributed by atoms with Gasteiger partial charge in [-0.05, 0) is 67.8 Å². The molecule has 2 aromatic rings. The van der Waals surface area contributed by atoms with Crippen molar-refractivity contribution in [3.05, 3.63) is 59.2 Å². The molecule has 0 spiro atoms. The fourth-order valence-electron chi connectivity index (χ4n) is 2.40. The molecule has 3 amide bonds. The molecule has 0 unspecified atom stereocenters. The Morgan fingerprint density at radius 2 is 1.64 bits per heavy atom. The molecule has 0 aliphatic rings. The Bertz CT molecular complexity index is 954. The molecule has 3 N–H and O–H groups in total. The van der Waals surface area contributed by atoms with Crippen LogP contribution in [-0.4, -0.2) is 26.9 Å². The van der Waals surface area contributed by atoms with Crippen molar-refractivity contribution in [2.24, 2.45) is 0 Å². The van der Waals surface area contributed by atoms with Crippen molar-refractivity contribution in [3.63, 3.8) is 0 Å². The molecular weight excluding hydrogens is 378 g/mol. The topological polar surface area (TPSA) is 104 Å². The van der Waals surface area contributed by atoms with Gasteiger partial charge in [-0.1, -0.05) is 19.4 Å². The van der Waals surface area contributed by atoms with Crippen molar-refractivity contribution in [1.82, 2.24) is 10.0 Å². The maximum Gasteiger partial charge on any atom is 0.328 e. The molecule has 2 rings (SSSR count). The van der Waals surface area contributed by atoms with Gasteiger partial charge in [0.15, 0.2) is 0 Å². The Balaban J connectivity index is 2.02. The van der Waals surface area contributed by atoms with Gasteiger partial charge in [-0.25, -0.2) is 17.9 Å². The van der Waals surface area contributed by atoms with Crippen LogP contribution in [0.15, 0.2) is 47.4 Å². The number of carbonyl (C=O) groups excluding carboxylic acids is 2. The predicted octanol–water partition coefficient (Wildman–Crippen LogP) is 3.34. The molecule has 0 atom stereocenters. The average molecular weight is 404 g/mol. The average Bonchev–Trinajstić information content (AvgIpc) is 2.64. The van der Waals surface area contributed by atoms with E-state index in [4.69, 9.17) is 0 Å². The fourth-order valence-corrected chi connectivity index (χ4v) is 3.33. The van der Waals surface area contributed by atoms with Crippen LogP contribution >= 0.6 is 0 Å². The van der Waals surface area contributed by atoms with Gasteiger partial charge in [0.05, 0.1) is 4.90 Å². The zero-order valence-corrected chi connectivity index (χ0v) is 17.0. The van der Waals surface area contributed by atoms with Crippen LogP contribution < -0.4 is 15.4 Å². The van der Waals surface area contributed by atoms with E-state index in [0.29, 0.717) is 17.8 Å². The standard InChI is InChI=1S/C20H25N3O4S/c1-4-5-12-21-20(25)23-28(26,27)18-10-8-17(9-11-18)22-19(24)16-7-6-14(2)15(3)13-16/h6-11,13H,4-5,12H2,1-3H3,(H,22,24)(H2,21,23,25). The van der Waals surface area contributed by atoms with Gasteiger partial charge < -0.3 is 10.6 Å². The highest BCUT2D eigenvalue weighted by atomic mass is 32.2. The Kier molecular flexibility index (Phi) is 7.17. The third-order valence-electron chi connectivity index (χ3n) is 4.23. The summed E-state index contributed by atoms with van der Waals surface area (Å²) in [6.45, 7) is 6.27. The molecule has 2 aromatic carbocycles. The molecule has 7 nitrogen and oxygen atoms in total. The quantitative estimate of drug-likeness (QED) is 0.617. The number of carbonyl (C=O) groups is 2. The number of urea groups is 1. The van der Waals surface area contributed by atoms with E-state index in [-0.39, 0.29) is 10.8 Å². The summed E-state index contributed by atoms with van der Waals surface area (Å²) in [5.41, 5.74) is 3.08. The van der Waals surface area contributed by atoms with Gasteiger partial charge in [0.25, 0.3) is 15.9 Å². The summed E-state index contributed by atoms with van der Waals surface area (Å²) >= 11 is 0. The second kappa shape index (κ2) is 9.36. The molecule has 8 heteroatoms. The highest BCUT2D eigenvalue weighted by molar-refractivity contribution is 7.90. The summed E-state index contributed by atoms with van der Waals surface area (Å²) < 4.78 is 26.4. The lowest BCUT2D eigenvalue weighted by Gasteiger charge is -2.10. The van der Waals surface area contributed by atoms with Crippen molar-refractivity contribution in [3.8, 4) is 0 Å². The molecule has 0 saturated heterocycles. The monoisotopic (exact) mass is 403 g/mol. The second-order valence-corrected chi connectivity index (χ2v) is 8.17. The van der Waals surface area contributed by atoms with Gasteiger partial charge in [0, 0.05) is 17.8 Å². The largest absolute Gasteiger partial charge is 0.337 e. The lowest BCUT2D eigenvalue weighted by molar-refractivity contribution is 0.102. The zero-order chi connectivity index (χ0) is 20.7. The van der Waals surface area contributed by atoms with E-state index in [1.54, 1.807) is 12.1 Å². The van der Waals surface area contributed by atoms with E-state index >= 15 is 0 Å². The number of aryl methyl sites for hydroxylation is 2. The predicted molar refractivity (Wildman–Crippen MR) is 109 cm³/mol. The van der Waals surface area contributed by atoms with Gasteiger partial charge in [0.1, 0.15) is 0 Å². The summed E-state index contributed by atoms with van der Waals surface area (Å²) in [6, 6.07) is 10.3. The Morgan fingerprint density at radius 3 is 2.25 bits per heavy atom. The molecule has 0 aliphatic heterocycles. The second-order valence-electron chi connectivity index (χ2n) is 6.49. The minimum Gasteiger partial charge on any atom is -0.337 e. The van der Waals surface area contributed by atoms with Crippen LogP contribution in [0, 0.1) is 13.8 Å². The maximum absolute atomic E-state index is 12.3. The Hall–Kier alpha value is -2.87. The van der Waals surface area contributed by atoms with Gasteiger partial charge in [-0.3, -0.25) is 4.79 Å². The lowest BCUT2D eigenvalue weighted by atomic mass is 10.1. The molecule has 0 aliphatic carbocycles. The summed E-state index contributed by atoms with van der Waals surface area (Å²) in [7, 11) is -3.98. The van der Waals surface area contributed by atoms with Gasteiger partial charge >= 0.3 is 6.03 Å². The van der Waals surface area contributed by atoms with Crippen LogP contribution in [0.2, 0.25) is 0 Å². The van der Waals surface area contributed by atoms with Crippen molar-refractivity contribution < 1.29 is 18.0 Å². The van der Waals surface area contributed by atoms with E-state index in [1.807, 2.05) is 31.6 Å². The molecule has 0 saturated carbocycles. The van der Waals surface area contributed by atoms with Crippen molar-refractivity contribution >= 4 is 27.6 Å². The maximum atomic E-state index is 12.3. The molecule has 0 bridgehead atoms. The fraction of sp³-hybridized carbons (Fsp3) is 0.300. The highest BCUT2D eigenvalue weighted by Crippen LogP contribution is 2.16. The third-order valence-corrected chi connectivity index (χ3v) is 5.58. The summed E-state index contributed by atoms with van der Waals surface area (Å²) in [5, 5.41) is 5.21. The first-order valence-corrected chi connectivity index (χ1v) is 10.5. The summed E-state index contributed by atoms with van der Waals surface area (Å²) in [5.74, 6) is -0.285. The number of benzene rings is 2. The van der Waals surface area contributed by atoms with Gasteiger partial charge in [-0.15, -0.1) is 0 Å². The van der Waals surface area contributed by atoms with E-state index < -0.39 is 16.1 Å². The Morgan fingerprint density at radius 1 is 0.964 bits per heavy atom. The van der Waals surface area contributed by atoms with Crippen molar-refractivity contribution in [2.45, 2.75) is 38.5 Å². The minimum absolute atomic E-state index is 0.0673. The number of unbranched alkanes of at least 4 members (excludes halogenated alkanes) is 1. The zero-order valence-electron chi connectivity index (χ0n) is 16.2. The van der Waals surface area contributed by atoms with E-state index in [0.717, 1.165) is 24.0 Å². The number of sulfonamides is 1. The number of rotatable bonds is 7. The molecule has 0 radical (unpaired) electrons. The van der Waals surface area contributed by atoms with Crippen LogP contribution in [0.4, 0.5) is 10.5 Å². The van der Waals surface area contributed by atoms with E-state index in [2.05, 4.69) is 10.6 Å².